The van der Waals surface area contributed by atoms with E-state index in [1.165, 1.54) is 0 Å². The largest absolute Gasteiger partial charge is 0.481 e. The number of carbonyl (C=O) groups is 2. The van der Waals surface area contributed by atoms with Gasteiger partial charge in [0.25, 0.3) is 0 Å². The van der Waals surface area contributed by atoms with Crippen LogP contribution in [-0.2, 0) is 15.6 Å². The van der Waals surface area contributed by atoms with Crippen molar-refractivity contribution in [2.24, 2.45) is 0 Å². The molecule has 17 heavy (non-hydrogen) atoms. The summed E-state index contributed by atoms with van der Waals surface area (Å²) in [7, 11) is -1.44. The number of rotatable bonds is 6. The zero-order chi connectivity index (χ0) is 12.8. The summed E-state index contributed by atoms with van der Waals surface area (Å²) in [6, 6.07) is 6.27. The smallest absolute Gasteiger partial charge is 0.304 e. The zero-order valence-electron chi connectivity index (χ0n) is 8.89. The molecular weight excluding hydrogens is 264 g/mol. The molecule has 1 atom stereocenters. The lowest BCUT2D eigenvalue weighted by Gasteiger charge is -2.01. The van der Waals surface area contributed by atoms with Gasteiger partial charge in [-0.05, 0) is 24.3 Å². The molecule has 0 fully saturated rings. The minimum Gasteiger partial charge on any atom is -0.481 e. The van der Waals surface area contributed by atoms with Crippen LogP contribution in [0.3, 0.4) is 0 Å². The van der Waals surface area contributed by atoms with Crippen LogP contribution in [0, 0.1) is 0 Å². The Balaban J connectivity index is 2.51. The van der Waals surface area contributed by atoms with Gasteiger partial charge in [0.15, 0.2) is 5.78 Å². The van der Waals surface area contributed by atoms with E-state index in [4.69, 9.17) is 16.7 Å². The molecule has 0 heterocycles. The monoisotopic (exact) mass is 274 g/mol. The first kappa shape index (κ1) is 13.9. The summed E-state index contributed by atoms with van der Waals surface area (Å²) in [6.45, 7) is 0. The Kier molecular flexibility index (Phi) is 5.31. The third-order valence-corrected chi connectivity index (χ3v) is 3.50. The molecule has 0 amide bonds. The molecular formula is C11H11ClO4S. The molecule has 1 N–H and O–H groups in total. The number of benzene rings is 1. The Morgan fingerprint density at radius 3 is 2.35 bits per heavy atom. The van der Waals surface area contributed by atoms with Crippen LogP contribution >= 0.6 is 11.6 Å². The van der Waals surface area contributed by atoms with E-state index in [-0.39, 0.29) is 23.7 Å². The highest BCUT2D eigenvalue weighted by atomic mass is 35.5. The second-order valence-electron chi connectivity index (χ2n) is 3.36. The van der Waals surface area contributed by atoms with Crippen LogP contribution in [-0.4, -0.2) is 32.6 Å². The topological polar surface area (TPSA) is 71.4 Å². The van der Waals surface area contributed by atoms with E-state index in [0.717, 1.165) is 0 Å². The van der Waals surface area contributed by atoms with Gasteiger partial charge in [0.2, 0.25) is 0 Å². The highest BCUT2D eigenvalue weighted by Crippen LogP contribution is 2.10. The number of ketones is 1. The van der Waals surface area contributed by atoms with E-state index in [1.807, 2.05) is 0 Å². The molecule has 0 saturated heterocycles. The molecule has 92 valence electrons. The molecule has 0 spiro atoms. The molecule has 0 aromatic heterocycles. The molecule has 0 radical (unpaired) electrons. The van der Waals surface area contributed by atoms with Crippen molar-refractivity contribution >= 4 is 34.2 Å². The van der Waals surface area contributed by atoms with Gasteiger partial charge in [0, 0.05) is 27.1 Å². The lowest BCUT2D eigenvalue weighted by atomic mass is 10.1. The molecule has 0 saturated carbocycles. The van der Waals surface area contributed by atoms with Gasteiger partial charge in [-0.25, -0.2) is 0 Å². The normalized spacial score (nSPS) is 12.1. The number of carboxylic acids is 1. The van der Waals surface area contributed by atoms with E-state index in [1.54, 1.807) is 24.3 Å². The van der Waals surface area contributed by atoms with Crippen LogP contribution in [0.15, 0.2) is 24.3 Å². The van der Waals surface area contributed by atoms with Crippen molar-refractivity contribution in [2.75, 3.05) is 11.5 Å². The van der Waals surface area contributed by atoms with E-state index in [0.29, 0.717) is 10.6 Å². The maximum Gasteiger partial charge on any atom is 0.304 e. The fraction of sp³-hybridized carbons (Fsp3) is 0.273. The van der Waals surface area contributed by atoms with Gasteiger partial charge in [0.05, 0.1) is 12.2 Å². The Morgan fingerprint density at radius 2 is 1.82 bits per heavy atom. The van der Waals surface area contributed by atoms with Crippen LogP contribution in [0.2, 0.25) is 5.02 Å². The van der Waals surface area contributed by atoms with Gasteiger partial charge in [-0.2, -0.15) is 0 Å². The van der Waals surface area contributed by atoms with E-state index < -0.39 is 16.8 Å². The molecule has 1 aromatic rings. The molecule has 1 rings (SSSR count). The molecule has 0 aliphatic rings. The lowest BCUT2D eigenvalue weighted by molar-refractivity contribution is -0.136. The van der Waals surface area contributed by atoms with E-state index in [2.05, 4.69) is 0 Å². The number of hydrogen-bond donors (Lipinski definition) is 1. The second kappa shape index (κ2) is 6.51. The summed E-state index contributed by atoms with van der Waals surface area (Å²) in [5, 5.41) is 8.93. The van der Waals surface area contributed by atoms with Crippen molar-refractivity contribution < 1.29 is 18.9 Å². The Labute approximate surface area is 106 Å². The number of hydrogen-bond acceptors (Lipinski definition) is 3. The second-order valence-corrected chi connectivity index (χ2v) is 5.38. The summed E-state index contributed by atoms with van der Waals surface area (Å²) in [5.74, 6) is -1.45. The molecule has 6 heteroatoms. The number of carboxylic acid groups (broad SMARTS) is 1. The molecule has 1 unspecified atom stereocenters. The number of aliphatic carboxylic acids is 1. The van der Waals surface area contributed by atoms with Crippen LogP contribution < -0.4 is 0 Å². The zero-order valence-corrected chi connectivity index (χ0v) is 10.5. The summed E-state index contributed by atoms with van der Waals surface area (Å²) >= 11 is 5.67. The number of Topliss-reactive ketones (excluding diaryl/α,β-unsaturated/α-hetero) is 1. The molecule has 0 bridgehead atoms. The maximum atomic E-state index is 11.6. The summed E-state index contributed by atoms with van der Waals surface area (Å²) in [6.07, 6.45) is -0.194. The summed E-state index contributed by atoms with van der Waals surface area (Å²) < 4.78 is 11.4. The molecule has 0 aliphatic carbocycles. The average molecular weight is 275 g/mol. The van der Waals surface area contributed by atoms with Crippen LogP contribution in [0.1, 0.15) is 16.8 Å². The van der Waals surface area contributed by atoms with E-state index in [9.17, 15) is 13.8 Å². The van der Waals surface area contributed by atoms with Crippen molar-refractivity contribution in [3.63, 3.8) is 0 Å². The molecule has 1 aromatic carbocycles. The number of carbonyl (C=O) groups excluding carboxylic acids is 1. The van der Waals surface area contributed by atoms with Crippen molar-refractivity contribution in [3.05, 3.63) is 34.9 Å². The van der Waals surface area contributed by atoms with Gasteiger partial charge in [-0.1, -0.05) is 11.6 Å². The fourth-order valence-electron chi connectivity index (χ4n) is 1.14. The molecule has 0 aliphatic heterocycles. The first-order valence-electron chi connectivity index (χ1n) is 4.84. The van der Waals surface area contributed by atoms with Gasteiger partial charge in [0.1, 0.15) is 0 Å². The van der Waals surface area contributed by atoms with Gasteiger partial charge >= 0.3 is 5.97 Å². The standard InChI is InChI=1S/C11H11ClO4S/c12-9-3-1-8(2-4-9)10(13)7-17(16)6-5-11(14)15/h1-4H,5-7H2,(H,14,15). The minimum atomic E-state index is -1.44. The minimum absolute atomic E-state index is 0.00529. The van der Waals surface area contributed by atoms with Crippen molar-refractivity contribution in [1.29, 1.82) is 0 Å². The van der Waals surface area contributed by atoms with Crippen LogP contribution in [0.25, 0.3) is 0 Å². The Morgan fingerprint density at radius 1 is 1.24 bits per heavy atom. The average Bonchev–Trinajstić information content (AvgIpc) is 2.27. The van der Waals surface area contributed by atoms with Crippen molar-refractivity contribution in [3.8, 4) is 0 Å². The Hall–Kier alpha value is -1.20. The van der Waals surface area contributed by atoms with E-state index >= 15 is 0 Å². The lowest BCUT2D eigenvalue weighted by Crippen LogP contribution is -2.15. The third-order valence-electron chi connectivity index (χ3n) is 2.00. The van der Waals surface area contributed by atoms with Gasteiger partial charge in [-0.15, -0.1) is 0 Å². The van der Waals surface area contributed by atoms with Crippen LogP contribution in [0.5, 0.6) is 0 Å². The first-order chi connectivity index (χ1) is 7.99. The predicted octanol–water partition coefficient (Wildman–Crippen LogP) is 1.75. The highest BCUT2D eigenvalue weighted by Gasteiger charge is 2.11. The Bertz CT molecular complexity index is 441. The van der Waals surface area contributed by atoms with Gasteiger partial charge in [-0.3, -0.25) is 13.8 Å². The van der Waals surface area contributed by atoms with Crippen molar-refractivity contribution in [2.45, 2.75) is 6.42 Å². The van der Waals surface area contributed by atoms with Crippen LogP contribution in [0.4, 0.5) is 0 Å². The molecule has 4 nitrogen and oxygen atoms in total. The number of halogens is 1. The summed E-state index contributed by atoms with van der Waals surface area (Å²) in [5.41, 5.74) is 0.429. The predicted molar refractivity (Wildman–Crippen MR) is 65.9 cm³/mol. The highest BCUT2D eigenvalue weighted by molar-refractivity contribution is 7.85. The maximum absolute atomic E-state index is 11.6. The quantitative estimate of drug-likeness (QED) is 0.802. The first-order valence-corrected chi connectivity index (χ1v) is 6.71. The summed E-state index contributed by atoms with van der Waals surface area (Å²) in [4.78, 5) is 21.9. The SMILES string of the molecule is O=C(O)CCS(=O)CC(=O)c1ccc(Cl)cc1. The van der Waals surface area contributed by atoms with Gasteiger partial charge < -0.3 is 5.11 Å². The fourth-order valence-corrected chi connectivity index (χ4v) is 2.27. The third kappa shape index (κ3) is 5.10. The van der Waals surface area contributed by atoms with Crippen molar-refractivity contribution in [1.82, 2.24) is 0 Å².